The predicted molar refractivity (Wildman–Crippen MR) is 58.9 cm³/mol. The Labute approximate surface area is 89.3 Å². The van der Waals surface area contributed by atoms with E-state index < -0.39 is 0 Å². The fourth-order valence-corrected chi connectivity index (χ4v) is 1.46. The van der Waals surface area contributed by atoms with Crippen molar-refractivity contribution in [3.8, 4) is 0 Å². The second-order valence-corrected chi connectivity index (χ2v) is 3.56. The average Bonchev–Trinajstić information content (AvgIpc) is 2.20. The highest BCUT2D eigenvalue weighted by atomic mass is 35.5. The highest BCUT2D eigenvalue weighted by Crippen LogP contribution is 2.11. The fraction of sp³-hybridized carbons (Fsp3) is 0.364. The van der Waals surface area contributed by atoms with Crippen molar-refractivity contribution < 1.29 is 4.79 Å². The third-order valence-corrected chi connectivity index (χ3v) is 2.45. The molecule has 0 fully saturated rings. The van der Waals surface area contributed by atoms with Gasteiger partial charge < -0.3 is 5.32 Å². The van der Waals surface area contributed by atoms with E-state index >= 15 is 0 Å². The van der Waals surface area contributed by atoms with Crippen molar-refractivity contribution in [2.24, 2.45) is 0 Å². The molecule has 0 radical (unpaired) electrons. The van der Waals surface area contributed by atoms with E-state index in [1.165, 1.54) is 0 Å². The van der Waals surface area contributed by atoms with Gasteiger partial charge in [-0.1, -0.05) is 18.5 Å². The quantitative estimate of drug-likeness (QED) is 0.776. The van der Waals surface area contributed by atoms with Crippen molar-refractivity contribution in [1.29, 1.82) is 0 Å². The molecule has 0 aliphatic rings. The van der Waals surface area contributed by atoms with Gasteiger partial charge in [-0.15, -0.1) is 0 Å². The summed E-state index contributed by atoms with van der Waals surface area (Å²) in [7, 11) is 1.79. The number of nitrogens with one attached hydrogen (secondary N) is 1. The minimum atomic E-state index is -0.101. The minimum Gasteiger partial charge on any atom is -0.310 e. The Morgan fingerprint density at radius 2 is 2.00 bits per heavy atom. The maximum Gasteiger partial charge on any atom is 0.179 e. The van der Waals surface area contributed by atoms with Crippen molar-refractivity contribution in [3.63, 3.8) is 0 Å². The Morgan fingerprint density at radius 3 is 2.43 bits per heavy atom. The first kappa shape index (κ1) is 11.2. The van der Waals surface area contributed by atoms with Crippen molar-refractivity contribution in [2.45, 2.75) is 19.4 Å². The lowest BCUT2D eigenvalue weighted by atomic mass is 10.0. The average molecular weight is 212 g/mol. The zero-order chi connectivity index (χ0) is 10.6. The lowest BCUT2D eigenvalue weighted by Crippen LogP contribution is -2.33. The molecule has 0 aliphatic heterocycles. The molecular formula is C11H14ClNO. The van der Waals surface area contributed by atoms with Gasteiger partial charge in [-0.2, -0.15) is 0 Å². The summed E-state index contributed by atoms with van der Waals surface area (Å²) in [5.74, 6) is 0.117. The third-order valence-electron chi connectivity index (χ3n) is 2.20. The highest BCUT2D eigenvalue weighted by Gasteiger charge is 2.15. The summed E-state index contributed by atoms with van der Waals surface area (Å²) in [5.41, 5.74) is 0.704. The van der Waals surface area contributed by atoms with Crippen LogP contribution in [0.4, 0.5) is 0 Å². The maximum absolute atomic E-state index is 11.8. The monoisotopic (exact) mass is 211 g/mol. The summed E-state index contributed by atoms with van der Waals surface area (Å²) < 4.78 is 0. The molecule has 1 atom stereocenters. The number of ketones is 1. The van der Waals surface area contributed by atoms with E-state index in [0.717, 1.165) is 6.42 Å². The Morgan fingerprint density at radius 1 is 1.43 bits per heavy atom. The van der Waals surface area contributed by atoms with E-state index in [0.29, 0.717) is 10.6 Å². The molecule has 0 saturated carbocycles. The topological polar surface area (TPSA) is 29.1 Å². The standard InChI is InChI=1S/C11H14ClNO/c1-3-10(13-2)11(14)8-4-6-9(12)7-5-8/h4-7,10,13H,3H2,1-2H3. The van der Waals surface area contributed by atoms with Gasteiger partial charge in [-0.3, -0.25) is 4.79 Å². The number of halogens is 1. The molecule has 0 bridgehead atoms. The van der Waals surface area contributed by atoms with Crippen molar-refractivity contribution in [3.05, 3.63) is 34.9 Å². The van der Waals surface area contributed by atoms with Crippen LogP contribution < -0.4 is 5.32 Å². The molecule has 0 heterocycles. The first-order chi connectivity index (χ1) is 6.69. The summed E-state index contributed by atoms with van der Waals surface area (Å²) in [6.07, 6.45) is 0.790. The van der Waals surface area contributed by atoms with Crippen molar-refractivity contribution in [2.75, 3.05) is 7.05 Å². The summed E-state index contributed by atoms with van der Waals surface area (Å²) in [5, 5.41) is 3.63. The van der Waals surface area contributed by atoms with Crippen LogP contribution in [0.3, 0.4) is 0 Å². The third kappa shape index (κ3) is 2.56. The molecular weight excluding hydrogens is 198 g/mol. The number of benzene rings is 1. The van der Waals surface area contributed by atoms with Crippen LogP contribution in [0.15, 0.2) is 24.3 Å². The van der Waals surface area contributed by atoms with Gasteiger partial charge in [0.05, 0.1) is 6.04 Å². The van der Waals surface area contributed by atoms with Gasteiger partial charge in [0.1, 0.15) is 0 Å². The van der Waals surface area contributed by atoms with Gasteiger partial charge in [0.2, 0.25) is 0 Å². The SMILES string of the molecule is CCC(NC)C(=O)c1ccc(Cl)cc1. The number of carbonyl (C=O) groups is 1. The molecule has 0 aromatic heterocycles. The Hall–Kier alpha value is -0.860. The van der Waals surface area contributed by atoms with Crippen LogP contribution >= 0.6 is 11.6 Å². The Kier molecular flexibility index (Phi) is 4.11. The van der Waals surface area contributed by atoms with E-state index in [2.05, 4.69) is 5.32 Å². The molecule has 0 amide bonds. The van der Waals surface area contributed by atoms with Crippen molar-refractivity contribution >= 4 is 17.4 Å². The van der Waals surface area contributed by atoms with Crippen LogP contribution in [0.2, 0.25) is 5.02 Å². The summed E-state index contributed by atoms with van der Waals surface area (Å²) in [4.78, 5) is 11.8. The first-order valence-electron chi connectivity index (χ1n) is 4.66. The van der Waals surface area contributed by atoms with Gasteiger partial charge in [0, 0.05) is 10.6 Å². The molecule has 2 nitrogen and oxygen atoms in total. The van der Waals surface area contributed by atoms with Gasteiger partial charge in [0.25, 0.3) is 0 Å². The van der Waals surface area contributed by atoms with Crippen LogP contribution in [0.25, 0.3) is 0 Å². The maximum atomic E-state index is 11.8. The molecule has 0 aliphatic carbocycles. The first-order valence-corrected chi connectivity index (χ1v) is 5.04. The summed E-state index contributed by atoms with van der Waals surface area (Å²) in [6, 6.07) is 6.88. The number of hydrogen-bond donors (Lipinski definition) is 1. The van der Waals surface area contributed by atoms with Crippen LogP contribution in [0.1, 0.15) is 23.7 Å². The molecule has 14 heavy (non-hydrogen) atoms. The van der Waals surface area contributed by atoms with E-state index in [4.69, 9.17) is 11.6 Å². The molecule has 0 saturated heterocycles. The zero-order valence-electron chi connectivity index (χ0n) is 8.38. The Balaban J connectivity index is 2.83. The van der Waals surface area contributed by atoms with Crippen LogP contribution in [-0.2, 0) is 0 Å². The highest BCUT2D eigenvalue weighted by molar-refractivity contribution is 6.30. The lowest BCUT2D eigenvalue weighted by molar-refractivity contribution is 0.0945. The van der Waals surface area contributed by atoms with E-state index in [9.17, 15) is 4.79 Å². The largest absolute Gasteiger partial charge is 0.310 e. The van der Waals surface area contributed by atoms with Gasteiger partial charge in [-0.05, 0) is 37.7 Å². The fourth-order valence-electron chi connectivity index (χ4n) is 1.34. The normalized spacial score (nSPS) is 12.5. The molecule has 1 N–H and O–H groups in total. The number of hydrogen-bond acceptors (Lipinski definition) is 2. The van der Waals surface area contributed by atoms with Crippen LogP contribution in [-0.4, -0.2) is 18.9 Å². The van der Waals surface area contributed by atoms with Gasteiger partial charge >= 0.3 is 0 Å². The smallest absolute Gasteiger partial charge is 0.179 e. The van der Waals surface area contributed by atoms with Crippen LogP contribution in [0, 0.1) is 0 Å². The molecule has 1 rings (SSSR count). The molecule has 76 valence electrons. The van der Waals surface area contributed by atoms with E-state index in [1.54, 1.807) is 31.3 Å². The summed E-state index contributed by atoms with van der Waals surface area (Å²) in [6.45, 7) is 1.98. The van der Waals surface area contributed by atoms with Crippen LogP contribution in [0.5, 0.6) is 0 Å². The molecule has 1 unspecified atom stereocenters. The number of Topliss-reactive ketones (excluding diaryl/α,β-unsaturated/α-hetero) is 1. The van der Waals surface area contributed by atoms with Gasteiger partial charge in [0.15, 0.2) is 5.78 Å². The molecule has 1 aromatic carbocycles. The number of carbonyl (C=O) groups excluding carboxylic acids is 1. The second-order valence-electron chi connectivity index (χ2n) is 3.12. The second kappa shape index (κ2) is 5.13. The zero-order valence-corrected chi connectivity index (χ0v) is 9.14. The van der Waals surface area contributed by atoms with E-state index in [1.807, 2.05) is 6.92 Å². The summed E-state index contributed by atoms with van der Waals surface area (Å²) >= 11 is 5.74. The van der Waals surface area contributed by atoms with Crippen molar-refractivity contribution in [1.82, 2.24) is 5.32 Å². The van der Waals surface area contributed by atoms with Gasteiger partial charge in [-0.25, -0.2) is 0 Å². The molecule has 0 spiro atoms. The molecule has 1 aromatic rings. The van der Waals surface area contributed by atoms with E-state index in [-0.39, 0.29) is 11.8 Å². The lowest BCUT2D eigenvalue weighted by Gasteiger charge is -2.12. The minimum absolute atomic E-state index is 0.101. The molecule has 3 heteroatoms. The number of rotatable bonds is 4. The Bertz CT molecular complexity index is 304. The number of likely N-dealkylation sites (N-methyl/N-ethyl adjacent to an activating group) is 1. The predicted octanol–water partition coefficient (Wildman–Crippen LogP) is 2.52.